The summed E-state index contributed by atoms with van der Waals surface area (Å²) in [6.45, 7) is 5.11. The minimum Gasteiger partial charge on any atom is -0.481 e. The molecular weight excluding hydrogens is 568 g/mol. The first-order chi connectivity index (χ1) is 20.7. The number of halogens is 1. The van der Waals surface area contributed by atoms with E-state index in [1.54, 1.807) is 13.2 Å². The summed E-state index contributed by atoms with van der Waals surface area (Å²) < 4.78 is 6.79. The van der Waals surface area contributed by atoms with Gasteiger partial charge in [0, 0.05) is 61.2 Å². The Morgan fingerprint density at radius 2 is 1.86 bits per heavy atom. The number of carbonyl (C=O) groups is 2. The van der Waals surface area contributed by atoms with Gasteiger partial charge in [-0.3, -0.25) is 14.4 Å². The van der Waals surface area contributed by atoms with E-state index < -0.39 is 11.5 Å². The van der Waals surface area contributed by atoms with E-state index in [-0.39, 0.29) is 17.5 Å². The van der Waals surface area contributed by atoms with Gasteiger partial charge in [0.15, 0.2) is 0 Å². The smallest absolute Gasteiger partial charge is 0.279 e. The molecule has 0 aliphatic carbocycles. The number of nitrogens with one attached hydrogen (secondary N) is 3. The van der Waals surface area contributed by atoms with Crippen LogP contribution in [0.3, 0.4) is 0 Å². The van der Waals surface area contributed by atoms with E-state index in [2.05, 4.69) is 21.0 Å². The zero-order valence-corrected chi connectivity index (χ0v) is 25.2. The number of benzene rings is 2. The van der Waals surface area contributed by atoms with Gasteiger partial charge in [-0.2, -0.15) is 5.10 Å². The van der Waals surface area contributed by atoms with Gasteiger partial charge in [-0.25, -0.2) is 9.67 Å². The summed E-state index contributed by atoms with van der Waals surface area (Å²) in [5, 5.41) is 13.6. The number of ether oxygens (including phenoxy) is 1. The molecule has 1 atom stereocenters. The van der Waals surface area contributed by atoms with E-state index in [4.69, 9.17) is 21.3 Å². The van der Waals surface area contributed by atoms with Crippen molar-refractivity contribution in [2.75, 3.05) is 19.0 Å². The third-order valence-electron chi connectivity index (χ3n) is 7.68. The molecule has 4 aromatic rings. The fraction of sp³-hybridized carbons (Fsp3) is 0.281. The maximum absolute atomic E-state index is 12.9. The molecule has 0 spiro atoms. The van der Waals surface area contributed by atoms with E-state index in [0.29, 0.717) is 41.8 Å². The van der Waals surface area contributed by atoms with Gasteiger partial charge in [0.05, 0.1) is 17.8 Å². The highest BCUT2D eigenvalue weighted by atomic mass is 35.5. The Bertz CT molecular complexity index is 1770. The number of nitrogens with zero attached hydrogens (tertiary/aromatic N) is 3. The Labute approximate surface area is 254 Å². The second-order valence-corrected chi connectivity index (χ2v) is 10.9. The quantitative estimate of drug-likeness (QED) is 0.260. The maximum Gasteiger partial charge on any atom is 0.279 e. The number of anilines is 1. The number of rotatable bonds is 9. The number of carbonyl (C=O) groups excluding carboxylic acids is 2. The van der Waals surface area contributed by atoms with Crippen LogP contribution in [-0.4, -0.2) is 46.3 Å². The third-order valence-corrected chi connectivity index (χ3v) is 8.08. The molecule has 3 N–H and O–H groups in total. The molecule has 5 rings (SSSR count). The molecule has 2 amide bonds. The lowest BCUT2D eigenvalue weighted by Crippen LogP contribution is -2.35. The molecule has 1 saturated heterocycles. The summed E-state index contributed by atoms with van der Waals surface area (Å²) in [5.41, 5.74) is 5.82. The summed E-state index contributed by atoms with van der Waals surface area (Å²) >= 11 is 7.03. The highest BCUT2D eigenvalue weighted by Gasteiger charge is 2.21. The number of methoxy groups -OCH3 is 1. The minimum absolute atomic E-state index is 0.00155. The average Bonchev–Trinajstić information content (AvgIpc) is 3.41. The molecule has 43 heavy (non-hydrogen) atoms. The number of pyridine rings is 1. The number of hydrogen-bond donors (Lipinski definition) is 3. The summed E-state index contributed by atoms with van der Waals surface area (Å²) in [4.78, 5) is 41.6. The summed E-state index contributed by atoms with van der Waals surface area (Å²) in [5.74, 6) is 0.0782. The van der Waals surface area contributed by atoms with Crippen LogP contribution in [0.15, 0.2) is 59.5 Å². The molecular formula is C32H33ClN6O4. The largest absolute Gasteiger partial charge is 0.481 e. The summed E-state index contributed by atoms with van der Waals surface area (Å²) in [7, 11) is 3.09. The van der Waals surface area contributed by atoms with E-state index in [0.717, 1.165) is 44.5 Å². The first-order valence-corrected chi connectivity index (χ1v) is 14.3. The molecule has 1 aliphatic heterocycles. The van der Waals surface area contributed by atoms with Crippen molar-refractivity contribution in [1.29, 1.82) is 0 Å². The van der Waals surface area contributed by atoms with Gasteiger partial charge < -0.3 is 20.7 Å². The predicted octanol–water partition coefficient (Wildman–Crippen LogP) is 4.41. The van der Waals surface area contributed by atoms with Gasteiger partial charge in [-0.05, 0) is 55.2 Å². The topological polar surface area (TPSA) is 127 Å². The first kappa shape index (κ1) is 29.9. The van der Waals surface area contributed by atoms with Gasteiger partial charge in [0.25, 0.3) is 11.5 Å². The van der Waals surface area contributed by atoms with Crippen molar-refractivity contribution in [2.24, 2.45) is 7.05 Å². The van der Waals surface area contributed by atoms with E-state index in [1.165, 1.54) is 19.3 Å². The van der Waals surface area contributed by atoms with Crippen LogP contribution in [0.4, 0.5) is 5.69 Å². The number of hydrogen-bond acceptors (Lipinski definition) is 7. The van der Waals surface area contributed by atoms with Crippen LogP contribution in [0.1, 0.15) is 39.9 Å². The van der Waals surface area contributed by atoms with Gasteiger partial charge in [-0.1, -0.05) is 41.9 Å². The fourth-order valence-corrected chi connectivity index (χ4v) is 5.59. The normalized spacial score (nSPS) is 14.4. The van der Waals surface area contributed by atoms with Crippen molar-refractivity contribution < 1.29 is 14.3 Å². The van der Waals surface area contributed by atoms with Gasteiger partial charge in [-0.15, -0.1) is 0 Å². The highest BCUT2D eigenvalue weighted by Crippen LogP contribution is 2.39. The maximum atomic E-state index is 12.9. The molecule has 0 bridgehead atoms. The Morgan fingerprint density at radius 3 is 2.60 bits per heavy atom. The number of amides is 2. The van der Waals surface area contributed by atoms with Crippen LogP contribution in [0, 0.1) is 13.8 Å². The fourth-order valence-electron chi connectivity index (χ4n) is 5.26. The van der Waals surface area contributed by atoms with E-state index in [1.807, 2.05) is 50.2 Å². The van der Waals surface area contributed by atoms with Crippen molar-refractivity contribution in [3.63, 3.8) is 0 Å². The van der Waals surface area contributed by atoms with Crippen LogP contribution in [-0.2, 0) is 18.4 Å². The van der Waals surface area contributed by atoms with Crippen molar-refractivity contribution in [2.45, 2.75) is 39.3 Å². The molecule has 3 heterocycles. The monoisotopic (exact) mass is 600 g/mol. The summed E-state index contributed by atoms with van der Waals surface area (Å²) in [6, 6.07) is 14.8. The minimum atomic E-state index is -0.516. The predicted molar refractivity (Wildman–Crippen MR) is 166 cm³/mol. The Balaban J connectivity index is 1.42. The Hall–Kier alpha value is -4.54. The molecule has 0 radical (unpaired) electrons. The van der Waals surface area contributed by atoms with Gasteiger partial charge in [0.2, 0.25) is 11.8 Å². The van der Waals surface area contributed by atoms with Gasteiger partial charge >= 0.3 is 0 Å². The summed E-state index contributed by atoms with van der Waals surface area (Å²) in [6.07, 6.45) is 2.80. The SMILES string of the molecule is COc1nc(-c2cccc(-c3cccc(NC(=O)c4ccnn(C)c4=O)c3C)c2Cl)cc(C)c1CNC[C@@H]1CCC(=O)N1. The van der Waals surface area contributed by atoms with Crippen molar-refractivity contribution >= 4 is 29.1 Å². The van der Waals surface area contributed by atoms with Crippen LogP contribution in [0.25, 0.3) is 22.4 Å². The van der Waals surface area contributed by atoms with Crippen LogP contribution >= 0.6 is 11.6 Å². The molecule has 1 fully saturated rings. The van der Waals surface area contributed by atoms with Crippen molar-refractivity contribution in [3.05, 3.63) is 92.4 Å². The average molecular weight is 601 g/mol. The Morgan fingerprint density at radius 1 is 1.12 bits per heavy atom. The second-order valence-electron chi connectivity index (χ2n) is 10.5. The molecule has 11 heteroatoms. The van der Waals surface area contributed by atoms with E-state index >= 15 is 0 Å². The molecule has 0 saturated carbocycles. The lowest BCUT2D eigenvalue weighted by atomic mass is 9.96. The number of aromatic nitrogens is 3. The standard InChI is InChI=1S/C32H33ClN6O4/c1-18-15-27(38-31(43-4)25(18)17-34-16-20-11-12-28(40)36-20)23-9-5-8-22(29(23)33)21-7-6-10-26(19(21)2)37-30(41)24-13-14-35-39(3)32(24)42/h5-10,13-15,20,34H,11-12,16-17H2,1-4H3,(H,36,40)(H,37,41)/t20-/m0/s1. The molecule has 2 aromatic carbocycles. The highest BCUT2D eigenvalue weighted by molar-refractivity contribution is 6.36. The molecule has 0 unspecified atom stereocenters. The third kappa shape index (κ3) is 6.30. The van der Waals surface area contributed by atoms with Crippen LogP contribution in [0.5, 0.6) is 5.88 Å². The molecule has 2 aromatic heterocycles. The lowest BCUT2D eigenvalue weighted by Gasteiger charge is -2.18. The van der Waals surface area contributed by atoms with Crippen molar-refractivity contribution in [3.8, 4) is 28.3 Å². The van der Waals surface area contributed by atoms with Crippen LogP contribution < -0.4 is 26.2 Å². The van der Waals surface area contributed by atoms with E-state index in [9.17, 15) is 14.4 Å². The van der Waals surface area contributed by atoms with Gasteiger partial charge in [0.1, 0.15) is 5.56 Å². The molecule has 1 aliphatic rings. The number of aryl methyl sites for hydroxylation is 2. The second kappa shape index (κ2) is 12.8. The first-order valence-electron chi connectivity index (χ1n) is 13.9. The molecule has 10 nitrogen and oxygen atoms in total. The zero-order chi connectivity index (χ0) is 30.7. The van der Waals surface area contributed by atoms with Crippen molar-refractivity contribution in [1.82, 2.24) is 25.4 Å². The lowest BCUT2D eigenvalue weighted by molar-refractivity contribution is -0.119. The zero-order valence-electron chi connectivity index (χ0n) is 24.5. The Kier molecular flexibility index (Phi) is 8.89. The van der Waals surface area contributed by atoms with Crippen LogP contribution in [0.2, 0.25) is 5.02 Å². The molecule has 222 valence electrons.